The van der Waals surface area contributed by atoms with E-state index in [9.17, 15) is 5.11 Å². The van der Waals surface area contributed by atoms with Crippen LogP contribution in [0.3, 0.4) is 0 Å². The molecule has 17 heavy (non-hydrogen) atoms. The molecule has 98 valence electrons. The van der Waals surface area contributed by atoms with Gasteiger partial charge in [-0.05, 0) is 56.3 Å². The van der Waals surface area contributed by atoms with Gasteiger partial charge in [-0.3, -0.25) is 0 Å². The number of ether oxygens (including phenoxy) is 1. The Morgan fingerprint density at radius 1 is 1.29 bits per heavy atom. The van der Waals surface area contributed by atoms with Crippen molar-refractivity contribution in [3.05, 3.63) is 0 Å². The summed E-state index contributed by atoms with van der Waals surface area (Å²) >= 11 is 0. The number of rotatable bonds is 3. The Bertz CT molecular complexity index is 278. The number of hydrogen-bond donors (Lipinski definition) is 1. The highest BCUT2D eigenvalue weighted by Crippen LogP contribution is 2.51. The Kier molecular flexibility index (Phi) is 3.20. The summed E-state index contributed by atoms with van der Waals surface area (Å²) < 4.78 is 5.69. The molecule has 0 aromatic heterocycles. The van der Waals surface area contributed by atoms with Gasteiger partial charge in [-0.2, -0.15) is 0 Å². The van der Waals surface area contributed by atoms with Crippen LogP contribution in [0.1, 0.15) is 58.3 Å². The van der Waals surface area contributed by atoms with Crippen molar-refractivity contribution in [1.82, 2.24) is 0 Å². The molecule has 2 nitrogen and oxygen atoms in total. The maximum absolute atomic E-state index is 10.8. The van der Waals surface area contributed by atoms with Gasteiger partial charge in [0.25, 0.3) is 0 Å². The zero-order valence-electron chi connectivity index (χ0n) is 11.0. The lowest BCUT2D eigenvalue weighted by Gasteiger charge is -2.39. The average Bonchev–Trinajstić information content (AvgIpc) is 2.90. The summed E-state index contributed by atoms with van der Waals surface area (Å²) in [6, 6.07) is 0. The first-order chi connectivity index (χ1) is 8.18. The quantitative estimate of drug-likeness (QED) is 0.818. The molecular weight excluding hydrogens is 212 g/mol. The van der Waals surface area contributed by atoms with Crippen molar-refractivity contribution in [1.29, 1.82) is 0 Å². The Hall–Kier alpha value is -0.0800. The van der Waals surface area contributed by atoms with Crippen LogP contribution in [-0.4, -0.2) is 23.4 Å². The summed E-state index contributed by atoms with van der Waals surface area (Å²) in [5.74, 6) is 2.75. The third-order valence-electron chi connectivity index (χ3n) is 5.51. The second kappa shape index (κ2) is 4.55. The van der Waals surface area contributed by atoms with Gasteiger partial charge in [0.05, 0.1) is 11.7 Å². The van der Waals surface area contributed by atoms with Crippen LogP contribution < -0.4 is 0 Å². The van der Waals surface area contributed by atoms with Crippen LogP contribution in [0, 0.1) is 17.8 Å². The summed E-state index contributed by atoms with van der Waals surface area (Å²) in [6.07, 6.45) is 9.85. The Balaban J connectivity index is 1.59. The van der Waals surface area contributed by atoms with Crippen LogP contribution in [-0.2, 0) is 4.74 Å². The monoisotopic (exact) mass is 238 g/mol. The zero-order chi connectivity index (χ0) is 11.9. The van der Waals surface area contributed by atoms with Crippen LogP contribution in [0.25, 0.3) is 0 Å². The van der Waals surface area contributed by atoms with Crippen molar-refractivity contribution in [3.8, 4) is 0 Å². The van der Waals surface area contributed by atoms with Gasteiger partial charge in [0.1, 0.15) is 0 Å². The van der Waals surface area contributed by atoms with E-state index in [0.29, 0.717) is 6.10 Å². The largest absolute Gasteiger partial charge is 0.390 e. The minimum absolute atomic E-state index is 0.298. The lowest BCUT2D eigenvalue weighted by Crippen LogP contribution is -2.42. The van der Waals surface area contributed by atoms with E-state index in [2.05, 4.69) is 6.92 Å². The smallest absolute Gasteiger partial charge is 0.0697 e. The van der Waals surface area contributed by atoms with Crippen LogP contribution in [0.4, 0.5) is 0 Å². The molecule has 2 saturated carbocycles. The molecule has 5 unspecified atom stereocenters. The van der Waals surface area contributed by atoms with Crippen molar-refractivity contribution in [3.63, 3.8) is 0 Å². The average molecular weight is 238 g/mol. The minimum Gasteiger partial charge on any atom is -0.390 e. The molecule has 2 bridgehead atoms. The molecule has 3 fully saturated rings. The van der Waals surface area contributed by atoms with Crippen molar-refractivity contribution < 1.29 is 9.84 Å². The van der Waals surface area contributed by atoms with Gasteiger partial charge in [0.15, 0.2) is 0 Å². The molecular formula is C15H26O2. The summed E-state index contributed by atoms with van der Waals surface area (Å²) in [5.41, 5.74) is -0.409. The van der Waals surface area contributed by atoms with E-state index < -0.39 is 5.60 Å². The topological polar surface area (TPSA) is 29.5 Å². The summed E-state index contributed by atoms with van der Waals surface area (Å²) in [5, 5.41) is 10.8. The molecule has 0 radical (unpaired) electrons. The highest BCUT2D eigenvalue weighted by Gasteiger charge is 2.44. The van der Waals surface area contributed by atoms with Gasteiger partial charge in [0.2, 0.25) is 0 Å². The van der Waals surface area contributed by atoms with Crippen LogP contribution >= 0.6 is 0 Å². The van der Waals surface area contributed by atoms with Crippen LogP contribution in [0.2, 0.25) is 0 Å². The summed E-state index contributed by atoms with van der Waals surface area (Å²) in [4.78, 5) is 0. The molecule has 0 spiro atoms. The standard InChI is InChI=1S/C15H26O2/c1-2-14-10-15(16,5-6-17-14)9-13-8-11-3-4-12(13)7-11/h11-14,16H,2-10H2,1H3. The third kappa shape index (κ3) is 2.39. The fourth-order valence-electron chi connectivity index (χ4n) is 4.56. The van der Waals surface area contributed by atoms with Crippen LogP contribution in [0.5, 0.6) is 0 Å². The number of aliphatic hydroxyl groups is 1. The highest BCUT2D eigenvalue weighted by atomic mass is 16.5. The summed E-state index contributed by atoms with van der Waals surface area (Å²) in [6.45, 7) is 2.92. The van der Waals surface area contributed by atoms with Gasteiger partial charge >= 0.3 is 0 Å². The van der Waals surface area contributed by atoms with Gasteiger partial charge in [-0.15, -0.1) is 0 Å². The fourth-order valence-corrected chi connectivity index (χ4v) is 4.56. The number of fused-ring (bicyclic) bond motifs is 2. The minimum atomic E-state index is -0.409. The molecule has 0 aromatic rings. The SMILES string of the molecule is CCC1CC(O)(CC2CC3CCC2C3)CCO1. The maximum Gasteiger partial charge on any atom is 0.0697 e. The first-order valence-corrected chi connectivity index (χ1v) is 7.52. The molecule has 2 heteroatoms. The first kappa shape index (κ1) is 12.0. The molecule has 0 amide bonds. The second-order valence-corrected chi connectivity index (χ2v) is 6.72. The lowest BCUT2D eigenvalue weighted by molar-refractivity contribution is -0.116. The maximum atomic E-state index is 10.8. The first-order valence-electron chi connectivity index (χ1n) is 7.52. The zero-order valence-corrected chi connectivity index (χ0v) is 11.0. The molecule has 0 aromatic carbocycles. The van der Waals surface area contributed by atoms with E-state index in [1.165, 1.54) is 25.7 Å². The molecule has 1 N–H and O–H groups in total. The van der Waals surface area contributed by atoms with Gasteiger partial charge in [-0.25, -0.2) is 0 Å². The molecule has 2 aliphatic carbocycles. The molecule has 3 aliphatic rings. The van der Waals surface area contributed by atoms with Crippen LogP contribution in [0.15, 0.2) is 0 Å². The predicted molar refractivity (Wildman–Crippen MR) is 67.8 cm³/mol. The third-order valence-corrected chi connectivity index (χ3v) is 5.51. The van der Waals surface area contributed by atoms with E-state index in [4.69, 9.17) is 4.74 Å². The van der Waals surface area contributed by atoms with E-state index in [0.717, 1.165) is 50.0 Å². The van der Waals surface area contributed by atoms with E-state index in [-0.39, 0.29) is 0 Å². The highest BCUT2D eigenvalue weighted by molar-refractivity contribution is 4.95. The van der Waals surface area contributed by atoms with E-state index >= 15 is 0 Å². The van der Waals surface area contributed by atoms with E-state index in [1.807, 2.05) is 0 Å². The molecule has 5 atom stereocenters. The molecule has 1 saturated heterocycles. The van der Waals surface area contributed by atoms with Crippen molar-refractivity contribution in [2.75, 3.05) is 6.61 Å². The molecule has 1 aliphatic heterocycles. The number of hydrogen-bond acceptors (Lipinski definition) is 2. The Morgan fingerprint density at radius 3 is 2.82 bits per heavy atom. The summed E-state index contributed by atoms with van der Waals surface area (Å²) in [7, 11) is 0. The van der Waals surface area contributed by atoms with Crippen molar-refractivity contribution in [2.45, 2.75) is 70.0 Å². The molecule has 3 rings (SSSR count). The predicted octanol–water partition coefficient (Wildman–Crippen LogP) is 3.13. The van der Waals surface area contributed by atoms with Crippen molar-refractivity contribution >= 4 is 0 Å². The van der Waals surface area contributed by atoms with Gasteiger partial charge in [-0.1, -0.05) is 13.3 Å². The van der Waals surface area contributed by atoms with Gasteiger partial charge in [0, 0.05) is 13.0 Å². The lowest BCUT2D eigenvalue weighted by atomic mass is 9.76. The molecule has 1 heterocycles. The Labute approximate surface area is 105 Å². The Morgan fingerprint density at radius 2 is 2.18 bits per heavy atom. The van der Waals surface area contributed by atoms with E-state index in [1.54, 1.807) is 0 Å². The fraction of sp³-hybridized carbons (Fsp3) is 1.00. The van der Waals surface area contributed by atoms with Gasteiger partial charge < -0.3 is 9.84 Å². The van der Waals surface area contributed by atoms with Crippen molar-refractivity contribution in [2.24, 2.45) is 17.8 Å². The second-order valence-electron chi connectivity index (χ2n) is 6.72. The normalized spacial score (nSPS) is 49.8.